The van der Waals surface area contributed by atoms with Crippen LogP contribution >= 0.6 is 11.6 Å². The summed E-state index contributed by atoms with van der Waals surface area (Å²) in [6, 6.07) is 12.5. The fourth-order valence-electron chi connectivity index (χ4n) is 3.99. The molecule has 2 aromatic rings. The van der Waals surface area contributed by atoms with Gasteiger partial charge in [0.15, 0.2) is 0 Å². The highest BCUT2D eigenvalue weighted by Gasteiger charge is 2.28. The standard InChI is InChI=1S/C22H26ClN3O3S/c23-21-10-9-19(30(28,29)26-13-3-4-14-26)15-20(21)22(27)24-16-17-5-7-18(8-6-17)25-11-1-2-12-25/h5-10,15H,1-4,11-14,16H2,(H,24,27). The van der Waals surface area contributed by atoms with Gasteiger partial charge in [-0.3, -0.25) is 4.79 Å². The number of amides is 1. The summed E-state index contributed by atoms with van der Waals surface area (Å²) in [5, 5.41) is 3.08. The van der Waals surface area contributed by atoms with Crippen molar-refractivity contribution in [2.45, 2.75) is 37.1 Å². The smallest absolute Gasteiger partial charge is 0.253 e. The van der Waals surface area contributed by atoms with Crippen LogP contribution in [0.4, 0.5) is 5.69 Å². The van der Waals surface area contributed by atoms with Gasteiger partial charge in [0, 0.05) is 38.4 Å². The summed E-state index contributed by atoms with van der Waals surface area (Å²) in [7, 11) is -3.60. The van der Waals surface area contributed by atoms with Gasteiger partial charge in [-0.15, -0.1) is 0 Å². The number of hydrogen-bond acceptors (Lipinski definition) is 4. The van der Waals surface area contributed by atoms with E-state index in [0.29, 0.717) is 19.6 Å². The predicted octanol–water partition coefficient (Wildman–Crippen LogP) is 3.65. The van der Waals surface area contributed by atoms with Crippen LogP contribution in [-0.4, -0.2) is 44.8 Å². The summed E-state index contributed by atoms with van der Waals surface area (Å²) in [5.74, 6) is -0.387. The second-order valence-corrected chi connectivity index (χ2v) is 10.1. The molecule has 4 rings (SSSR count). The number of rotatable bonds is 6. The van der Waals surface area contributed by atoms with Gasteiger partial charge in [-0.05, 0) is 61.6 Å². The maximum atomic E-state index is 12.8. The molecule has 0 aliphatic carbocycles. The van der Waals surface area contributed by atoms with Gasteiger partial charge in [-0.25, -0.2) is 8.42 Å². The third kappa shape index (κ3) is 4.48. The van der Waals surface area contributed by atoms with Crippen molar-refractivity contribution >= 4 is 33.2 Å². The van der Waals surface area contributed by atoms with Crippen molar-refractivity contribution < 1.29 is 13.2 Å². The van der Waals surface area contributed by atoms with Crippen molar-refractivity contribution in [3.05, 3.63) is 58.6 Å². The van der Waals surface area contributed by atoms with Crippen LogP contribution in [0.1, 0.15) is 41.6 Å². The molecule has 1 amide bonds. The molecule has 0 atom stereocenters. The van der Waals surface area contributed by atoms with E-state index in [1.54, 1.807) is 0 Å². The molecule has 0 saturated carbocycles. The first-order valence-electron chi connectivity index (χ1n) is 10.4. The lowest BCUT2D eigenvalue weighted by Crippen LogP contribution is -2.28. The van der Waals surface area contributed by atoms with Crippen molar-refractivity contribution in [3.8, 4) is 0 Å². The molecule has 30 heavy (non-hydrogen) atoms. The zero-order valence-corrected chi connectivity index (χ0v) is 18.4. The molecular formula is C22H26ClN3O3S. The fraction of sp³-hybridized carbons (Fsp3) is 0.409. The quantitative estimate of drug-likeness (QED) is 0.733. The third-order valence-electron chi connectivity index (χ3n) is 5.75. The highest BCUT2D eigenvalue weighted by molar-refractivity contribution is 7.89. The minimum absolute atomic E-state index is 0.105. The molecule has 2 saturated heterocycles. The molecule has 2 aliphatic rings. The summed E-state index contributed by atoms with van der Waals surface area (Å²) < 4.78 is 27.0. The van der Waals surface area contributed by atoms with Gasteiger partial charge >= 0.3 is 0 Å². The van der Waals surface area contributed by atoms with Gasteiger partial charge in [0.05, 0.1) is 15.5 Å². The number of anilines is 1. The Hall–Kier alpha value is -2.09. The Morgan fingerprint density at radius 3 is 2.23 bits per heavy atom. The van der Waals surface area contributed by atoms with E-state index >= 15 is 0 Å². The Morgan fingerprint density at radius 2 is 1.57 bits per heavy atom. The summed E-state index contributed by atoms with van der Waals surface area (Å²) in [6.45, 7) is 3.55. The first-order chi connectivity index (χ1) is 14.4. The normalized spacial score (nSPS) is 17.4. The average molecular weight is 448 g/mol. The first-order valence-corrected chi connectivity index (χ1v) is 12.2. The van der Waals surface area contributed by atoms with Crippen molar-refractivity contribution in [1.82, 2.24) is 9.62 Å². The molecule has 2 aliphatic heterocycles. The number of halogens is 1. The number of nitrogens with zero attached hydrogens (tertiary/aromatic N) is 2. The Balaban J connectivity index is 1.44. The molecule has 0 unspecified atom stereocenters. The van der Waals surface area contributed by atoms with Crippen LogP contribution in [0.3, 0.4) is 0 Å². The van der Waals surface area contributed by atoms with Crippen LogP contribution in [0, 0.1) is 0 Å². The lowest BCUT2D eigenvalue weighted by Gasteiger charge is -2.18. The number of carbonyl (C=O) groups is 1. The van der Waals surface area contributed by atoms with E-state index in [1.807, 2.05) is 12.1 Å². The lowest BCUT2D eigenvalue weighted by atomic mass is 10.1. The van der Waals surface area contributed by atoms with Crippen LogP contribution < -0.4 is 10.2 Å². The maximum Gasteiger partial charge on any atom is 0.253 e. The molecule has 8 heteroatoms. The Labute approximate surface area is 182 Å². The molecule has 2 fully saturated rings. The zero-order valence-electron chi connectivity index (χ0n) is 16.8. The third-order valence-corrected chi connectivity index (χ3v) is 7.97. The van der Waals surface area contributed by atoms with Crippen molar-refractivity contribution in [3.63, 3.8) is 0 Å². The number of benzene rings is 2. The van der Waals surface area contributed by atoms with Crippen LogP contribution in [0.2, 0.25) is 5.02 Å². The van der Waals surface area contributed by atoms with Crippen molar-refractivity contribution in [2.24, 2.45) is 0 Å². The molecule has 2 aromatic carbocycles. The highest BCUT2D eigenvalue weighted by atomic mass is 35.5. The monoisotopic (exact) mass is 447 g/mol. The molecule has 6 nitrogen and oxygen atoms in total. The van der Waals surface area contributed by atoms with Crippen molar-refractivity contribution in [2.75, 3.05) is 31.1 Å². The summed E-state index contributed by atoms with van der Waals surface area (Å²) in [6.07, 6.45) is 4.17. The van der Waals surface area contributed by atoms with Crippen LogP contribution in [0.25, 0.3) is 0 Å². The van der Waals surface area contributed by atoms with E-state index < -0.39 is 10.0 Å². The number of nitrogens with one attached hydrogen (secondary N) is 1. The van der Waals surface area contributed by atoms with Gasteiger partial charge in [0.1, 0.15) is 0 Å². The van der Waals surface area contributed by atoms with Gasteiger partial charge in [-0.1, -0.05) is 23.7 Å². The fourth-order valence-corrected chi connectivity index (χ4v) is 5.74. The Kier molecular flexibility index (Phi) is 6.32. The molecule has 0 radical (unpaired) electrons. The van der Waals surface area contributed by atoms with E-state index in [1.165, 1.54) is 41.0 Å². The van der Waals surface area contributed by atoms with E-state index in [4.69, 9.17) is 11.6 Å². The zero-order chi connectivity index (χ0) is 21.1. The summed E-state index contributed by atoms with van der Waals surface area (Å²) >= 11 is 6.20. The van der Waals surface area contributed by atoms with E-state index in [0.717, 1.165) is 31.5 Å². The topological polar surface area (TPSA) is 69.7 Å². The number of sulfonamides is 1. The molecule has 1 N–H and O–H groups in total. The van der Waals surface area contributed by atoms with E-state index in [2.05, 4.69) is 22.3 Å². The summed E-state index contributed by atoms with van der Waals surface area (Å²) in [4.78, 5) is 15.2. The van der Waals surface area contributed by atoms with E-state index in [9.17, 15) is 13.2 Å². The summed E-state index contributed by atoms with van der Waals surface area (Å²) in [5.41, 5.74) is 2.35. The van der Waals surface area contributed by atoms with Gasteiger partial charge in [0.25, 0.3) is 5.91 Å². The van der Waals surface area contributed by atoms with Crippen LogP contribution in [0.15, 0.2) is 47.4 Å². The Bertz CT molecular complexity index is 1010. The molecular weight excluding hydrogens is 422 g/mol. The van der Waals surface area contributed by atoms with Crippen molar-refractivity contribution in [1.29, 1.82) is 0 Å². The molecule has 160 valence electrons. The van der Waals surface area contributed by atoms with Gasteiger partial charge in [0.2, 0.25) is 10.0 Å². The largest absolute Gasteiger partial charge is 0.372 e. The van der Waals surface area contributed by atoms with Gasteiger partial charge < -0.3 is 10.2 Å². The average Bonchev–Trinajstić information content (AvgIpc) is 3.47. The minimum atomic E-state index is -3.60. The van der Waals surface area contributed by atoms with E-state index in [-0.39, 0.29) is 21.4 Å². The molecule has 0 bridgehead atoms. The number of hydrogen-bond donors (Lipinski definition) is 1. The van der Waals surface area contributed by atoms with Crippen LogP contribution in [0.5, 0.6) is 0 Å². The predicted molar refractivity (Wildman–Crippen MR) is 119 cm³/mol. The first kappa shape index (κ1) is 21.2. The maximum absolute atomic E-state index is 12.8. The number of carbonyl (C=O) groups excluding carboxylic acids is 1. The molecule has 2 heterocycles. The minimum Gasteiger partial charge on any atom is -0.372 e. The van der Waals surface area contributed by atoms with Gasteiger partial charge in [-0.2, -0.15) is 4.31 Å². The second-order valence-electron chi connectivity index (χ2n) is 7.80. The Morgan fingerprint density at radius 1 is 0.933 bits per heavy atom. The lowest BCUT2D eigenvalue weighted by molar-refractivity contribution is 0.0951. The SMILES string of the molecule is O=C(NCc1ccc(N2CCCC2)cc1)c1cc(S(=O)(=O)N2CCCC2)ccc1Cl. The second kappa shape index (κ2) is 8.96. The van der Waals surface area contributed by atoms with Crippen LogP contribution in [-0.2, 0) is 16.6 Å². The highest BCUT2D eigenvalue weighted by Crippen LogP contribution is 2.25. The molecule has 0 aromatic heterocycles. The molecule has 0 spiro atoms.